The monoisotopic (exact) mass is 379 g/mol. The summed E-state index contributed by atoms with van der Waals surface area (Å²) in [5.74, 6) is 1.75. The van der Waals surface area contributed by atoms with E-state index in [1.54, 1.807) is 0 Å². The Labute approximate surface area is 164 Å². The Bertz CT molecular complexity index is 1010. The number of hydrogen-bond acceptors (Lipinski definition) is 4. The molecule has 6 heteroatoms. The molecule has 0 bridgehead atoms. The fourth-order valence-electron chi connectivity index (χ4n) is 3.46. The third kappa shape index (κ3) is 3.67. The van der Waals surface area contributed by atoms with E-state index in [1.165, 1.54) is 0 Å². The zero-order valence-electron chi connectivity index (χ0n) is 16.4. The second-order valence-electron chi connectivity index (χ2n) is 7.68. The predicted octanol–water partition coefficient (Wildman–Crippen LogP) is 3.67. The van der Waals surface area contributed by atoms with E-state index in [0.29, 0.717) is 18.9 Å². The highest BCUT2D eigenvalue weighted by molar-refractivity contribution is 5.77. The lowest BCUT2D eigenvalue weighted by Gasteiger charge is -2.18. The van der Waals surface area contributed by atoms with Crippen molar-refractivity contribution < 1.29 is 14.3 Å². The minimum absolute atomic E-state index is 0.0263. The number of nitrogens with one attached hydrogen (secondary N) is 1. The molecule has 28 heavy (non-hydrogen) atoms. The van der Waals surface area contributed by atoms with E-state index >= 15 is 0 Å². The molecule has 3 aromatic rings. The number of benzene rings is 1. The summed E-state index contributed by atoms with van der Waals surface area (Å²) in [6.45, 7) is 7.11. The van der Waals surface area contributed by atoms with Crippen LogP contribution < -0.4 is 14.8 Å². The lowest BCUT2D eigenvalue weighted by molar-refractivity contribution is -0.121. The highest BCUT2D eigenvalue weighted by Gasteiger charge is 2.24. The van der Waals surface area contributed by atoms with Crippen LogP contribution in [0.2, 0.25) is 0 Å². The molecular formula is C22H25N3O3. The van der Waals surface area contributed by atoms with Gasteiger partial charge in [-0.25, -0.2) is 4.98 Å². The highest BCUT2D eigenvalue weighted by Crippen LogP contribution is 2.37. The Kier molecular flexibility index (Phi) is 4.94. The molecule has 146 valence electrons. The number of imidazole rings is 1. The van der Waals surface area contributed by atoms with Crippen molar-refractivity contribution in [2.75, 3.05) is 13.3 Å². The number of rotatable bonds is 6. The van der Waals surface area contributed by atoms with Gasteiger partial charge in [0.2, 0.25) is 12.7 Å². The van der Waals surface area contributed by atoms with Gasteiger partial charge >= 0.3 is 0 Å². The first-order valence-electron chi connectivity index (χ1n) is 9.61. The van der Waals surface area contributed by atoms with Gasteiger partial charge in [0, 0.05) is 31.3 Å². The fraction of sp³-hybridized carbons (Fsp3) is 0.364. The minimum Gasteiger partial charge on any atom is -0.454 e. The second kappa shape index (κ2) is 7.54. The second-order valence-corrected chi connectivity index (χ2v) is 7.68. The first kappa shape index (κ1) is 18.3. The molecule has 1 unspecified atom stereocenters. The van der Waals surface area contributed by atoms with Crippen molar-refractivity contribution in [2.24, 2.45) is 5.92 Å². The van der Waals surface area contributed by atoms with Crippen LogP contribution in [-0.4, -0.2) is 28.6 Å². The molecule has 0 radical (unpaired) electrons. The number of hydrogen-bond donors (Lipinski definition) is 1. The molecule has 0 aliphatic carbocycles. The van der Waals surface area contributed by atoms with Crippen LogP contribution in [0.3, 0.4) is 0 Å². The van der Waals surface area contributed by atoms with Gasteiger partial charge in [-0.15, -0.1) is 0 Å². The molecule has 0 spiro atoms. The zero-order valence-corrected chi connectivity index (χ0v) is 16.4. The van der Waals surface area contributed by atoms with Crippen molar-refractivity contribution in [2.45, 2.75) is 33.1 Å². The topological polar surface area (TPSA) is 64.9 Å². The number of nitrogens with zero attached hydrogens (tertiary/aromatic N) is 2. The summed E-state index contributed by atoms with van der Waals surface area (Å²) in [5, 5.41) is 3.03. The first-order valence-corrected chi connectivity index (χ1v) is 9.61. The number of aryl methyl sites for hydroxylation is 1. The standard InChI is InChI=1S/C22H25N3O3/c1-14(2)11-24-22(26)10-17(16-4-5-19-20(9-16)28-13-27-19)18-12-23-21-8-15(3)6-7-25(18)21/h4-9,12,14,17H,10-11,13H2,1-3H3,(H,24,26). The normalized spacial score (nSPS) is 13.9. The first-order chi connectivity index (χ1) is 13.5. The molecule has 3 heterocycles. The van der Waals surface area contributed by atoms with Crippen molar-refractivity contribution in [3.05, 3.63) is 59.5 Å². The van der Waals surface area contributed by atoms with Crippen molar-refractivity contribution in [3.63, 3.8) is 0 Å². The summed E-state index contributed by atoms with van der Waals surface area (Å²) >= 11 is 0. The van der Waals surface area contributed by atoms with Gasteiger partial charge in [0.1, 0.15) is 5.65 Å². The molecule has 0 saturated carbocycles. The van der Waals surface area contributed by atoms with Crippen LogP contribution in [0.15, 0.2) is 42.7 Å². The molecule has 1 N–H and O–H groups in total. The smallest absolute Gasteiger partial charge is 0.231 e. The lowest BCUT2D eigenvalue weighted by atomic mass is 9.92. The molecule has 0 saturated heterocycles. The van der Waals surface area contributed by atoms with Gasteiger partial charge < -0.3 is 19.2 Å². The van der Waals surface area contributed by atoms with E-state index in [9.17, 15) is 4.79 Å². The Morgan fingerprint density at radius 3 is 2.86 bits per heavy atom. The van der Waals surface area contributed by atoms with E-state index < -0.39 is 0 Å². The van der Waals surface area contributed by atoms with E-state index in [4.69, 9.17) is 9.47 Å². The van der Waals surface area contributed by atoms with E-state index in [1.807, 2.05) is 49.6 Å². The summed E-state index contributed by atoms with van der Waals surface area (Å²) in [6, 6.07) is 9.97. The van der Waals surface area contributed by atoms with Gasteiger partial charge in [-0.05, 0) is 48.2 Å². The summed E-state index contributed by atoms with van der Waals surface area (Å²) in [5.41, 5.74) is 4.02. The maximum Gasteiger partial charge on any atom is 0.231 e. The Morgan fingerprint density at radius 1 is 1.21 bits per heavy atom. The number of aromatic nitrogens is 2. The largest absolute Gasteiger partial charge is 0.454 e. The predicted molar refractivity (Wildman–Crippen MR) is 107 cm³/mol. The van der Waals surface area contributed by atoms with Gasteiger partial charge in [0.25, 0.3) is 0 Å². The average Bonchev–Trinajstić information content (AvgIpc) is 3.30. The van der Waals surface area contributed by atoms with Crippen LogP contribution >= 0.6 is 0 Å². The van der Waals surface area contributed by atoms with Gasteiger partial charge in [0.05, 0.1) is 5.69 Å². The number of carbonyl (C=O) groups excluding carboxylic acids is 1. The zero-order chi connectivity index (χ0) is 19.7. The van der Waals surface area contributed by atoms with Crippen molar-refractivity contribution in [1.29, 1.82) is 0 Å². The third-order valence-electron chi connectivity index (χ3n) is 4.95. The number of fused-ring (bicyclic) bond motifs is 2. The number of ether oxygens (including phenoxy) is 2. The van der Waals surface area contributed by atoms with Gasteiger partial charge in [-0.1, -0.05) is 19.9 Å². The van der Waals surface area contributed by atoms with E-state index in [-0.39, 0.29) is 18.6 Å². The molecule has 1 aliphatic rings. The SMILES string of the molecule is Cc1ccn2c(C(CC(=O)NCC(C)C)c3ccc4c(c3)OCO4)cnc2c1. The molecule has 1 aromatic carbocycles. The molecule has 4 rings (SSSR count). The van der Waals surface area contributed by atoms with E-state index in [2.05, 4.69) is 28.5 Å². The maximum atomic E-state index is 12.7. The van der Waals surface area contributed by atoms with Gasteiger partial charge in [-0.2, -0.15) is 0 Å². The fourth-order valence-corrected chi connectivity index (χ4v) is 3.46. The van der Waals surface area contributed by atoms with Crippen molar-refractivity contribution in [3.8, 4) is 11.5 Å². The Morgan fingerprint density at radius 2 is 2.04 bits per heavy atom. The molecule has 1 amide bonds. The average molecular weight is 379 g/mol. The Hall–Kier alpha value is -3.02. The minimum atomic E-state index is -0.139. The lowest BCUT2D eigenvalue weighted by Crippen LogP contribution is -2.29. The van der Waals surface area contributed by atoms with E-state index in [0.717, 1.165) is 34.0 Å². The quantitative estimate of drug-likeness (QED) is 0.710. The van der Waals surface area contributed by atoms with Crippen LogP contribution in [0.5, 0.6) is 11.5 Å². The molecule has 0 fully saturated rings. The van der Waals surface area contributed by atoms with Crippen LogP contribution in [0, 0.1) is 12.8 Å². The molecule has 1 atom stereocenters. The number of carbonyl (C=O) groups is 1. The van der Waals surface area contributed by atoms with Crippen LogP contribution in [0.25, 0.3) is 5.65 Å². The van der Waals surface area contributed by atoms with Crippen LogP contribution in [-0.2, 0) is 4.79 Å². The highest BCUT2D eigenvalue weighted by atomic mass is 16.7. The molecular weight excluding hydrogens is 354 g/mol. The van der Waals surface area contributed by atoms with Gasteiger partial charge in [-0.3, -0.25) is 4.79 Å². The summed E-state index contributed by atoms with van der Waals surface area (Å²) in [7, 11) is 0. The maximum absolute atomic E-state index is 12.7. The summed E-state index contributed by atoms with van der Waals surface area (Å²) in [6.07, 6.45) is 4.22. The van der Waals surface area contributed by atoms with Crippen molar-refractivity contribution >= 4 is 11.6 Å². The number of amides is 1. The van der Waals surface area contributed by atoms with Crippen LogP contribution in [0.1, 0.15) is 43.0 Å². The molecule has 6 nitrogen and oxygen atoms in total. The Balaban J connectivity index is 1.71. The van der Waals surface area contributed by atoms with Crippen LogP contribution in [0.4, 0.5) is 0 Å². The summed E-state index contributed by atoms with van der Waals surface area (Å²) < 4.78 is 13.0. The van der Waals surface area contributed by atoms with Gasteiger partial charge in [0.15, 0.2) is 11.5 Å². The molecule has 1 aliphatic heterocycles. The summed E-state index contributed by atoms with van der Waals surface area (Å²) in [4.78, 5) is 17.2. The third-order valence-corrected chi connectivity index (χ3v) is 4.95. The number of pyridine rings is 1. The molecule has 2 aromatic heterocycles. The van der Waals surface area contributed by atoms with Crippen molar-refractivity contribution in [1.82, 2.24) is 14.7 Å².